The van der Waals surface area contributed by atoms with Crippen LogP contribution in [0, 0.1) is 0 Å². The third-order valence-corrected chi connectivity index (χ3v) is 3.96. The fourth-order valence-electron chi connectivity index (χ4n) is 2.74. The minimum Gasteiger partial charge on any atom is -0.391 e. The van der Waals surface area contributed by atoms with E-state index in [1.807, 2.05) is 0 Å². The summed E-state index contributed by atoms with van der Waals surface area (Å²) in [6.07, 6.45) is -0.940. The van der Waals surface area contributed by atoms with Crippen molar-refractivity contribution in [3.05, 3.63) is 18.6 Å². The van der Waals surface area contributed by atoms with Crippen LogP contribution in [0.2, 0.25) is 0 Å². The van der Waals surface area contributed by atoms with Crippen molar-refractivity contribution in [1.82, 2.24) is 14.5 Å². The van der Waals surface area contributed by atoms with Gasteiger partial charge in [-0.2, -0.15) is 0 Å². The number of aliphatic hydroxyl groups excluding tert-OH is 2. The van der Waals surface area contributed by atoms with Gasteiger partial charge in [-0.25, -0.2) is 9.97 Å². The summed E-state index contributed by atoms with van der Waals surface area (Å²) in [6, 6.07) is 1.71. The molecular weight excluding hydrogens is 276 g/mol. The molecule has 0 saturated carbocycles. The van der Waals surface area contributed by atoms with Crippen molar-refractivity contribution in [2.24, 2.45) is 0 Å². The summed E-state index contributed by atoms with van der Waals surface area (Å²) in [5.41, 5.74) is 4.70. The molecule has 21 heavy (non-hydrogen) atoms. The summed E-state index contributed by atoms with van der Waals surface area (Å²) in [5.74, 6) is 0.323. The Kier molecular flexibility index (Phi) is 3.14. The lowest BCUT2D eigenvalue weighted by atomic mass is 9.94. The zero-order valence-corrected chi connectivity index (χ0v) is 11.7. The molecule has 2 aromatic heterocycles. The number of nitrogens with zero attached hydrogens (tertiary/aromatic N) is 3. The molecule has 1 fully saturated rings. The van der Waals surface area contributed by atoms with Crippen LogP contribution in [0.4, 0.5) is 5.82 Å². The number of hydrogen-bond donors (Lipinski definition) is 4. The van der Waals surface area contributed by atoms with Gasteiger partial charge < -0.3 is 30.4 Å². The molecule has 5 atom stereocenters. The van der Waals surface area contributed by atoms with Crippen molar-refractivity contribution in [1.29, 1.82) is 0 Å². The first-order valence-electron chi connectivity index (χ1n) is 6.65. The maximum absolute atomic E-state index is 10.6. The van der Waals surface area contributed by atoms with Crippen LogP contribution in [0.5, 0.6) is 0 Å². The van der Waals surface area contributed by atoms with Gasteiger partial charge in [0.15, 0.2) is 6.23 Å². The van der Waals surface area contributed by atoms with Gasteiger partial charge in [0.2, 0.25) is 0 Å². The van der Waals surface area contributed by atoms with Crippen LogP contribution < -0.4 is 5.73 Å². The molecule has 8 nitrogen and oxygen atoms in total. The standard InChI is InChI=1S/C13H18N4O4/c1-6(18)8-9(19)13(2,20)12(21-8)17-4-3-7-10(14)15-5-16-11(7)17/h3-6,8-9,12,18-20H,1-2H3,(H2,14,15,16)/t6?,8?,9?,12?,13-/m1/s1. The number of ether oxygens (including phenoxy) is 1. The van der Waals surface area contributed by atoms with Crippen LogP contribution in [-0.4, -0.2) is 53.8 Å². The number of fused-ring (bicyclic) bond motifs is 1. The smallest absolute Gasteiger partial charge is 0.167 e. The normalized spacial score (nSPS) is 34.4. The van der Waals surface area contributed by atoms with E-state index in [4.69, 9.17) is 10.5 Å². The van der Waals surface area contributed by atoms with E-state index in [2.05, 4.69) is 9.97 Å². The van der Waals surface area contributed by atoms with Gasteiger partial charge in [0.25, 0.3) is 0 Å². The molecule has 4 unspecified atom stereocenters. The molecule has 0 spiro atoms. The first kappa shape index (κ1) is 14.2. The second-order valence-corrected chi connectivity index (χ2v) is 5.58. The molecule has 0 aliphatic carbocycles. The van der Waals surface area contributed by atoms with Gasteiger partial charge in [0, 0.05) is 6.20 Å². The number of anilines is 1. The highest BCUT2D eigenvalue weighted by atomic mass is 16.6. The van der Waals surface area contributed by atoms with Gasteiger partial charge in [-0.3, -0.25) is 0 Å². The summed E-state index contributed by atoms with van der Waals surface area (Å²) in [5, 5.41) is 31.0. The quantitative estimate of drug-likeness (QED) is 0.582. The van der Waals surface area contributed by atoms with E-state index < -0.39 is 30.1 Å². The third kappa shape index (κ3) is 1.99. The molecule has 8 heteroatoms. The second-order valence-electron chi connectivity index (χ2n) is 5.58. The molecule has 3 heterocycles. The Morgan fingerprint density at radius 2 is 2.19 bits per heavy atom. The molecule has 0 bridgehead atoms. The topological polar surface area (TPSA) is 127 Å². The summed E-state index contributed by atoms with van der Waals surface area (Å²) in [6.45, 7) is 2.96. The second kappa shape index (κ2) is 4.63. The number of nitrogens with two attached hydrogens (primary N) is 1. The van der Waals surface area contributed by atoms with E-state index in [1.165, 1.54) is 20.2 Å². The van der Waals surface area contributed by atoms with Crippen molar-refractivity contribution >= 4 is 16.9 Å². The maximum Gasteiger partial charge on any atom is 0.167 e. The highest BCUT2D eigenvalue weighted by Gasteiger charge is 2.54. The summed E-state index contributed by atoms with van der Waals surface area (Å²) in [4.78, 5) is 8.05. The largest absolute Gasteiger partial charge is 0.391 e. The molecule has 2 aromatic rings. The molecule has 1 aliphatic heterocycles. The fraction of sp³-hybridized carbons (Fsp3) is 0.538. The first-order chi connectivity index (χ1) is 9.84. The van der Waals surface area contributed by atoms with Crippen molar-refractivity contribution in [3.63, 3.8) is 0 Å². The molecule has 3 rings (SSSR count). The lowest BCUT2D eigenvalue weighted by Crippen LogP contribution is -2.45. The predicted octanol–water partition coefficient (Wildman–Crippen LogP) is -0.596. The average molecular weight is 294 g/mol. The Balaban J connectivity index is 2.08. The van der Waals surface area contributed by atoms with Crippen LogP contribution in [0.1, 0.15) is 20.1 Å². The molecule has 0 radical (unpaired) electrons. The number of aromatic nitrogens is 3. The van der Waals surface area contributed by atoms with E-state index in [1.54, 1.807) is 16.8 Å². The molecular formula is C13H18N4O4. The van der Waals surface area contributed by atoms with Gasteiger partial charge >= 0.3 is 0 Å². The van der Waals surface area contributed by atoms with Crippen LogP contribution >= 0.6 is 0 Å². The Morgan fingerprint density at radius 3 is 2.81 bits per heavy atom. The predicted molar refractivity (Wildman–Crippen MR) is 74.2 cm³/mol. The van der Waals surface area contributed by atoms with Gasteiger partial charge in [0.05, 0.1) is 11.5 Å². The van der Waals surface area contributed by atoms with Crippen molar-refractivity contribution < 1.29 is 20.1 Å². The fourth-order valence-corrected chi connectivity index (χ4v) is 2.74. The van der Waals surface area contributed by atoms with Crippen LogP contribution in [0.15, 0.2) is 18.6 Å². The average Bonchev–Trinajstić information content (AvgIpc) is 2.92. The lowest BCUT2D eigenvalue weighted by Gasteiger charge is -2.27. The van der Waals surface area contributed by atoms with Crippen molar-refractivity contribution in [2.75, 3.05) is 5.73 Å². The highest BCUT2D eigenvalue weighted by Crippen LogP contribution is 2.40. The molecule has 0 amide bonds. The zero-order chi connectivity index (χ0) is 15.4. The third-order valence-electron chi connectivity index (χ3n) is 3.96. The van der Waals surface area contributed by atoms with E-state index in [0.29, 0.717) is 16.9 Å². The van der Waals surface area contributed by atoms with Crippen molar-refractivity contribution in [3.8, 4) is 0 Å². The van der Waals surface area contributed by atoms with E-state index in [-0.39, 0.29) is 0 Å². The summed E-state index contributed by atoms with van der Waals surface area (Å²) in [7, 11) is 0. The minimum absolute atomic E-state index is 0.323. The molecule has 1 aliphatic rings. The zero-order valence-electron chi connectivity index (χ0n) is 11.7. The first-order valence-corrected chi connectivity index (χ1v) is 6.65. The maximum atomic E-state index is 10.6. The molecule has 114 valence electrons. The molecule has 0 aromatic carbocycles. The van der Waals surface area contributed by atoms with Crippen LogP contribution in [0.25, 0.3) is 11.0 Å². The Bertz CT molecular complexity index is 669. The SMILES string of the molecule is CC(O)C1OC(n2ccc3c(N)ncnc32)[C@](C)(O)C1O. The minimum atomic E-state index is -1.58. The number of nitrogen functional groups attached to an aromatic ring is 1. The van der Waals surface area contributed by atoms with Crippen LogP contribution in [0.3, 0.4) is 0 Å². The van der Waals surface area contributed by atoms with E-state index >= 15 is 0 Å². The molecule has 1 saturated heterocycles. The van der Waals surface area contributed by atoms with E-state index in [9.17, 15) is 15.3 Å². The Hall–Kier alpha value is -1.74. The Morgan fingerprint density at radius 1 is 1.48 bits per heavy atom. The van der Waals surface area contributed by atoms with Gasteiger partial charge in [-0.15, -0.1) is 0 Å². The number of hydrogen-bond acceptors (Lipinski definition) is 7. The Labute approximate surface area is 120 Å². The van der Waals surface area contributed by atoms with Gasteiger partial charge in [0.1, 0.15) is 35.6 Å². The van der Waals surface area contributed by atoms with Gasteiger partial charge in [-0.05, 0) is 19.9 Å². The van der Waals surface area contributed by atoms with Crippen LogP contribution in [-0.2, 0) is 4.74 Å². The lowest BCUT2D eigenvalue weighted by molar-refractivity contribution is -0.0985. The summed E-state index contributed by atoms with van der Waals surface area (Å²) < 4.78 is 7.24. The monoisotopic (exact) mass is 294 g/mol. The number of rotatable bonds is 2. The summed E-state index contributed by atoms with van der Waals surface area (Å²) >= 11 is 0. The van der Waals surface area contributed by atoms with Crippen molar-refractivity contribution in [2.45, 2.75) is 44.0 Å². The van der Waals surface area contributed by atoms with E-state index in [0.717, 1.165) is 0 Å². The highest BCUT2D eigenvalue weighted by molar-refractivity contribution is 5.86. The number of aliphatic hydroxyl groups is 3. The van der Waals surface area contributed by atoms with Gasteiger partial charge in [-0.1, -0.05) is 0 Å². The molecule has 5 N–H and O–H groups in total.